The zero-order chi connectivity index (χ0) is 13.7. The van der Waals surface area contributed by atoms with Crippen LogP contribution < -0.4 is 0 Å². The van der Waals surface area contributed by atoms with E-state index in [9.17, 15) is 14.0 Å². The van der Waals surface area contributed by atoms with E-state index in [0.717, 1.165) is 0 Å². The third kappa shape index (κ3) is 2.60. The lowest BCUT2D eigenvalue weighted by atomic mass is 9.90. The number of ether oxygens (including phenoxy) is 2. The maximum Gasteiger partial charge on any atom is 0.228 e. The Balaban J connectivity index is 3.02. The normalized spacial score (nSPS) is 16.4. The van der Waals surface area contributed by atoms with Crippen molar-refractivity contribution in [3.05, 3.63) is 22.7 Å². The molecule has 0 aliphatic heterocycles. The first-order chi connectivity index (χ1) is 8.58. The van der Waals surface area contributed by atoms with Crippen molar-refractivity contribution >= 4 is 11.6 Å². The van der Waals surface area contributed by atoms with E-state index in [0.29, 0.717) is 30.4 Å². The topological polar surface area (TPSA) is 52.6 Å². The van der Waals surface area contributed by atoms with Crippen LogP contribution in [0.25, 0.3) is 0 Å². The van der Waals surface area contributed by atoms with Gasteiger partial charge in [0.25, 0.3) is 0 Å². The molecule has 0 saturated heterocycles. The number of rotatable bonds is 6. The van der Waals surface area contributed by atoms with Gasteiger partial charge in [-0.25, -0.2) is 0 Å². The first-order valence-corrected chi connectivity index (χ1v) is 5.75. The summed E-state index contributed by atoms with van der Waals surface area (Å²) in [5.74, 6) is -0.813. The second-order valence-electron chi connectivity index (χ2n) is 3.97. The molecule has 0 aromatic rings. The molecule has 1 aliphatic carbocycles. The fraction of sp³-hybridized carbons (Fsp3) is 0.538. The Labute approximate surface area is 105 Å². The van der Waals surface area contributed by atoms with Crippen LogP contribution in [0.4, 0.5) is 4.39 Å². The van der Waals surface area contributed by atoms with E-state index in [-0.39, 0.29) is 23.1 Å². The van der Waals surface area contributed by atoms with E-state index in [4.69, 9.17) is 9.47 Å². The van der Waals surface area contributed by atoms with Crippen molar-refractivity contribution in [2.75, 3.05) is 20.9 Å². The highest BCUT2D eigenvalue weighted by atomic mass is 19.1. The number of hydrogen-bond donors (Lipinski definition) is 0. The first kappa shape index (κ1) is 14.4. The number of halogens is 1. The number of methoxy groups -OCH3 is 2. The van der Waals surface area contributed by atoms with Crippen molar-refractivity contribution in [2.24, 2.45) is 0 Å². The van der Waals surface area contributed by atoms with Crippen molar-refractivity contribution < 1.29 is 23.5 Å². The molecule has 0 atom stereocenters. The van der Waals surface area contributed by atoms with Crippen LogP contribution in [-0.4, -0.2) is 32.5 Å². The molecule has 0 saturated carbocycles. The molecule has 100 valence electrons. The fourth-order valence-corrected chi connectivity index (χ4v) is 1.89. The molecule has 0 N–H and O–H groups in total. The van der Waals surface area contributed by atoms with Crippen molar-refractivity contribution in [1.29, 1.82) is 0 Å². The number of hydrogen-bond acceptors (Lipinski definition) is 4. The molecular weight excluding hydrogens is 239 g/mol. The number of carbonyl (C=O) groups excluding carboxylic acids is 2. The standard InChI is InChI=1S/C13H17FO4/c1-8-9(6-4-5-7-14)11(16)13(18-3)12(17-2)10(8)15/h4-7H2,1-3H3. The maximum absolute atomic E-state index is 12.1. The summed E-state index contributed by atoms with van der Waals surface area (Å²) in [5, 5.41) is 0. The summed E-state index contributed by atoms with van der Waals surface area (Å²) in [7, 11) is 2.64. The Kier molecular flexibility index (Phi) is 5.07. The number of alkyl halides is 1. The highest BCUT2D eigenvalue weighted by Gasteiger charge is 2.34. The SMILES string of the molecule is COC1=C(OC)C(=O)C(CCCCF)=C(C)C1=O. The molecule has 0 amide bonds. The van der Waals surface area contributed by atoms with Crippen molar-refractivity contribution in [3.63, 3.8) is 0 Å². The second-order valence-corrected chi connectivity index (χ2v) is 3.97. The quantitative estimate of drug-likeness (QED) is 0.539. The molecule has 1 rings (SSSR count). The van der Waals surface area contributed by atoms with Gasteiger partial charge in [-0.2, -0.15) is 0 Å². The Morgan fingerprint density at radius 2 is 1.56 bits per heavy atom. The van der Waals surface area contributed by atoms with Gasteiger partial charge in [0.15, 0.2) is 0 Å². The molecular formula is C13H17FO4. The molecule has 0 fully saturated rings. The summed E-state index contributed by atoms with van der Waals surface area (Å²) < 4.78 is 21.9. The lowest BCUT2D eigenvalue weighted by Crippen LogP contribution is -2.25. The molecule has 1 aliphatic rings. The predicted molar refractivity (Wildman–Crippen MR) is 63.6 cm³/mol. The number of ketones is 2. The number of allylic oxidation sites excluding steroid dienone is 2. The minimum atomic E-state index is -0.426. The summed E-state index contributed by atoms with van der Waals surface area (Å²) in [6, 6.07) is 0. The van der Waals surface area contributed by atoms with Gasteiger partial charge < -0.3 is 9.47 Å². The lowest BCUT2D eigenvalue weighted by molar-refractivity contribution is -0.121. The minimum absolute atomic E-state index is 0.0609. The number of carbonyl (C=O) groups is 2. The average molecular weight is 256 g/mol. The van der Waals surface area contributed by atoms with Gasteiger partial charge in [-0.05, 0) is 26.2 Å². The summed E-state index contributed by atoms with van der Waals surface area (Å²) in [5.41, 5.74) is 0.752. The smallest absolute Gasteiger partial charge is 0.228 e. The molecule has 0 aromatic heterocycles. The fourth-order valence-electron chi connectivity index (χ4n) is 1.89. The van der Waals surface area contributed by atoms with E-state index < -0.39 is 6.67 Å². The molecule has 0 radical (unpaired) electrons. The average Bonchev–Trinajstić information content (AvgIpc) is 2.37. The summed E-state index contributed by atoms with van der Waals surface area (Å²) in [4.78, 5) is 24.1. The van der Waals surface area contributed by atoms with Gasteiger partial charge in [-0.3, -0.25) is 14.0 Å². The summed E-state index contributed by atoms with van der Waals surface area (Å²) >= 11 is 0. The highest BCUT2D eigenvalue weighted by Crippen LogP contribution is 2.28. The molecule has 0 heterocycles. The Hall–Kier alpha value is -1.65. The maximum atomic E-state index is 12.1. The minimum Gasteiger partial charge on any atom is -0.489 e. The van der Waals surface area contributed by atoms with Crippen LogP contribution in [0.2, 0.25) is 0 Å². The van der Waals surface area contributed by atoms with Crippen molar-refractivity contribution in [2.45, 2.75) is 26.2 Å². The van der Waals surface area contributed by atoms with Crippen LogP contribution in [0.1, 0.15) is 26.2 Å². The second kappa shape index (κ2) is 6.33. The van der Waals surface area contributed by atoms with Gasteiger partial charge in [0.05, 0.1) is 20.9 Å². The summed E-state index contributed by atoms with van der Waals surface area (Å²) in [6.07, 6.45) is 1.28. The Bertz CT molecular complexity index is 421. The number of Topliss-reactive ketones (excluding diaryl/α,β-unsaturated/α-hetero) is 2. The van der Waals surface area contributed by atoms with E-state index in [2.05, 4.69) is 0 Å². The monoisotopic (exact) mass is 256 g/mol. The van der Waals surface area contributed by atoms with Crippen LogP contribution in [-0.2, 0) is 19.1 Å². The van der Waals surface area contributed by atoms with Gasteiger partial charge in [0.1, 0.15) is 0 Å². The number of unbranched alkanes of at least 4 members (excludes halogenated alkanes) is 1. The van der Waals surface area contributed by atoms with Crippen LogP contribution in [0.3, 0.4) is 0 Å². The third-order valence-corrected chi connectivity index (χ3v) is 2.90. The lowest BCUT2D eigenvalue weighted by Gasteiger charge is -2.20. The zero-order valence-corrected chi connectivity index (χ0v) is 10.8. The Morgan fingerprint density at radius 1 is 1.00 bits per heavy atom. The molecule has 0 aromatic carbocycles. The zero-order valence-electron chi connectivity index (χ0n) is 10.8. The summed E-state index contributed by atoms with van der Waals surface area (Å²) in [6.45, 7) is 1.15. The first-order valence-electron chi connectivity index (χ1n) is 5.75. The van der Waals surface area contributed by atoms with Gasteiger partial charge in [0, 0.05) is 11.1 Å². The van der Waals surface area contributed by atoms with Crippen molar-refractivity contribution in [1.82, 2.24) is 0 Å². The van der Waals surface area contributed by atoms with E-state index in [1.165, 1.54) is 14.2 Å². The van der Waals surface area contributed by atoms with Gasteiger partial charge in [-0.1, -0.05) is 0 Å². The van der Waals surface area contributed by atoms with Crippen LogP contribution >= 0.6 is 0 Å². The van der Waals surface area contributed by atoms with E-state index in [1.54, 1.807) is 6.92 Å². The molecule has 5 heteroatoms. The van der Waals surface area contributed by atoms with Crippen LogP contribution in [0.5, 0.6) is 0 Å². The van der Waals surface area contributed by atoms with Gasteiger partial charge >= 0.3 is 0 Å². The van der Waals surface area contributed by atoms with Gasteiger partial charge in [-0.15, -0.1) is 0 Å². The third-order valence-electron chi connectivity index (χ3n) is 2.90. The largest absolute Gasteiger partial charge is 0.489 e. The molecule has 18 heavy (non-hydrogen) atoms. The highest BCUT2D eigenvalue weighted by molar-refractivity contribution is 6.23. The van der Waals surface area contributed by atoms with Crippen LogP contribution in [0, 0.1) is 0 Å². The van der Waals surface area contributed by atoms with E-state index >= 15 is 0 Å². The van der Waals surface area contributed by atoms with Crippen molar-refractivity contribution in [3.8, 4) is 0 Å². The molecule has 0 unspecified atom stereocenters. The Morgan fingerprint density at radius 3 is 2.06 bits per heavy atom. The van der Waals surface area contributed by atoms with E-state index in [1.807, 2.05) is 0 Å². The predicted octanol–water partition coefficient (Wildman–Crippen LogP) is 2.10. The van der Waals surface area contributed by atoms with Crippen LogP contribution in [0.15, 0.2) is 22.7 Å². The molecule has 4 nitrogen and oxygen atoms in total. The molecule has 0 spiro atoms. The molecule has 0 bridgehead atoms. The van der Waals surface area contributed by atoms with Gasteiger partial charge in [0.2, 0.25) is 23.1 Å².